The van der Waals surface area contributed by atoms with E-state index in [2.05, 4.69) is 16.6 Å². The van der Waals surface area contributed by atoms with Gasteiger partial charge in [0.25, 0.3) is 0 Å². The van der Waals surface area contributed by atoms with Crippen LogP contribution in [0.3, 0.4) is 0 Å². The molecule has 0 spiro atoms. The Hall–Kier alpha value is -1.30. The van der Waals surface area contributed by atoms with Crippen molar-refractivity contribution in [3.63, 3.8) is 0 Å². The number of unbranched alkanes of at least 4 members (excludes halogenated alkanes) is 1. The molecule has 3 nitrogen and oxygen atoms in total. The second-order valence-corrected chi connectivity index (χ2v) is 2.90. The lowest BCUT2D eigenvalue weighted by molar-refractivity contribution is -0.141. The molecule has 0 amide bonds. The van der Waals surface area contributed by atoms with Gasteiger partial charge in [0.1, 0.15) is 5.78 Å². The summed E-state index contributed by atoms with van der Waals surface area (Å²) in [4.78, 5) is 21.9. The summed E-state index contributed by atoms with van der Waals surface area (Å²) < 4.78 is 4.43. The van der Waals surface area contributed by atoms with Crippen molar-refractivity contribution in [2.75, 3.05) is 7.11 Å². The van der Waals surface area contributed by atoms with Crippen LogP contribution in [0.5, 0.6) is 0 Å². The van der Waals surface area contributed by atoms with Crippen LogP contribution in [0.4, 0.5) is 0 Å². The van der Waals surface area contributed by atoms with Crippen molar-refractivity contribution in [1.29, 1.82) is 0 Å². The highest BCUT2D eigenvalue weighted by atomic mass is 16.5. The number of hydrogen-bond donors (Lipinski definition) is 0. The molecular formula is C11H16O3. The van der Waals surface area contributed by atoms with Gasteiger partial charge in [-0.15, -0.1) is 11.8 Å². The lowest BCUT2D eigenvalue weighted by atomic mass is 10.1. The predicted octanol–water partition coefficient (Wildman–Crippen LogP) is 1.70. The third kappa shape index (κ3) is 7.35. The molecule has 78 valence electrons. The van der Waals surface area contributed by atoms with E-state index in [0.29, 0.717) is 6.42 Å². The van der Waals surface area contributed by atoms with E-state index >= 15 is 0 Å². The standard InChI is InChI=1S/C11H16O3/c1-3-4-5-6-7-10(12)8-9-11(13)14-2/h5-9H2,1-2H3. The molecule has 0 aromatic rings. The highest BCUT2D eigenvalue weighted by Gasteiger charge is 2.05. The first-order chi connectivity index (χ1) is 6.70. The number of hydrogen-bond acceptors (Lipinski definition) is 3. The Labute approximate surface area is 84.8 Å². The van der Waals surface area contributed by atoms with Gasteiger partial charge < -0.3 is 4.74 Å². The van der Waals surface area contributed by atoms with Crippen molar-refractivity contribution in [3.8, 4) is 11.8 Å². The number of methoxy groups -OCH3 is 1. The summed E-state index contributed by atoms with van der Waals surface area (Å²) in [5.41, 5.74) is 0. The minimum absolute atomic E-state index is 0.105. The highest BCUT2D eigenvalue weighted by molar-refractivity contribution is 5.82. The van der Waals surface area contributed by atoms with Crippen LogP contribution in [-0.2, 0) is 14.3 Å². The maximum Gasteiger partial charge on any atom is 0.305 e. The zero-order valence-electron chi connectivity index (χ0n) is 8.76. The second kappa shape index (κ2) is 8.31. The number of Topliss-reactive ketones (excluding diaryl/α,β-unsaturated/α-hetero) is 1. The second-order valence-electron chi connectivity index (χ2n) is 2.90. The molecule has 0 aliphatic carbocycles. The number of esters is 1. The van der Waals surface area contributed by atoms with E-state index in [0.717, 1.165) is 12.8 Å². The summed E-state index contributed by atoms with van der Waals surface area (Å²) in [6, 6.07) is 0. The minimum atomic E-state index is -0.327. The SMILES string of the molecule is CC#CCCCC(=O)CCC(=O)OC. The molecule has 0 saturated heterocycles. The van der Waals surface area contributed by atoms with Gasteiger partial charge in [-0.05, 0) is 13.3 Å². The van der Waals surface area contributed by atoms with Gasteiger partial charge in [-0.3, -0.25) is 9.59 Å². The molecule has 0 aromatic heterocycles. The Kier molecular flexibility index (Phi) is 7.53. The first kappa shape index (κ1) is 12.7. The van der Waals surface area contributed by atoms with E-state index in [4.69, 9.17) is 0 Å². The zero-order valence-corrected chi connectivity index (χ0v) is 8.76. The third-order valence-corrected chi connectivity index (χ3v) is 1.77. The van der Waals surface area contributed by atoms with Crippen molar-refractivity contribution in [2.45, 2.75) is 39.0 Å². The van der Waals surface area contributed by atoms with E-state index in [1.54, 1.807) is 6.92 Å². The molecule has 0 aliphatic heterocycles. The Morgan fingerprint density at radius 1 is 1.21 bits per heavy atom. The van der Waals surface area contributed by atoms with Crippen LogP contribution in [0.1, 0.15) is 39.0 Å². The van der Waals surface area contributed by atoms with Gasteiger partial charge >= 0.3 is 5.97 Å². The minimum Gasteiger partial charge on any atom is -0.469 e. The van der Waals surface area contributed by atoms with Crippen molar-refractivity contribution in [3.05, 3.63) is 0 Å². The van der Waals surface area contributed by atoms with Gasteiger partial charge in [0.05, 0.1) is 13.5 Å². The van der Waals surface area contributed by atoms with Gasteiger partial charge in [0, 0.05) is 19.3 Å². The molecule has 3 heteroatoms. The van der Waals surface area contributed by atoms with Crippen LogP contribution in [0, 0.1) is 11.8 Å². The molecule has 0 aliphatic rings. The van der Waals surface area contributed by atoms with E-state index in [9.17, 15) is 9.59 Å². The van der Waals surface area contributed by atoms with Crippen molar-refractivity contribution in [2.24, 2.45) is 0 Å². The van der Waals surface area contributed by atoms with E-state index in [-0.39, 0.29) is 24.6 Å². The highest BCUT2D eigenvalue weighted by Crippen LogP contribution is 2.01. The number of rotatable bonds is 6. The van der Waals surface area contributed by atoms with Gasteiger partial charge in [-0.2, -0.15) is 0 Å². The summed E-state index contributed by atoms with van der Waals surface area (Å²) in [6.07, 6.45) is 2.51. The first-order valence-corrected chi connectivity index (χ1v) is 4.68. The van der Waals surface area contributed by atoms with Crippen LogP contribution in [-0.4, -0.2) is 18.9 Å². The maximum absolute atomic E-state index is 11.2. The predicted molar refractivity (Wildman–Crippen MR) is 53.6 cm³/mol. The van der Waals surface area contributed by atoms with E-state index in [1.807, 2.05) is 0 Å². The Balaban J connectivity index is 3.44. The molecule has 0 radical (unpaired) electrons. The molecule has 0 unspecified atom stereocenters. The third-order valence-electron chi connectivity index (χ3n) is 1.77. The number of ether oxygens (including phenoxy) is 1. The summed E-state index contributed by atoms with van der Waals surface area (Å²) in [6.45, 7) is 1.78. The molecule has 0 rings (SSSR count). The fourth-order valence-electron chi connectivity index (χ4n) is 0.967. The quantitative estimate of drug-likeness (QED) is 0.369. The fourth-order valence-corrected chi connectivity index (χ4v) is 0.967. The van der Waals surface area contributed by atoms with Crippen LogP contribution in [0.15, 0.2) is 0 Å². The number of ketones is 1. The zero-order chi connectivity index (χ0) is 10.8. The van der Waals surface area contributed by atoms with Crippen molar-refractivity contribution in [1.82, 2.24) is 0 Å². The molecule has 0 fully saturated rings. The van der Waals surface area contributed by atoms with E-state index < -0.39 is 0 Å². The molecule has 0 heterocycles. The monoisotopic (exact) mass is 196 g/mol. The van der Waals surface area contributed by atoms with Gasteiger partial charge in [0.2, 0.25) is 0 Å². The van der Waals surface area contributed by atoms with Gasteiger partial charge in [-0.1, -0.05) is 0 Å². The smallest absolute Gasteiger partial charge is 0.305 e. The lowest BCUT2D eigenvalue weighted by Crippen LogP contribution is -2.05. The van der Waals surface area contributed by atoms with Crippen LogP contribution in [0.2, 0.25) is 0 Å². The molecule has 0 N–H and O–H groups in total. The normalized spacial score (nSPS) is 8.71. The van der Waals surface area contributed by atoms with Crippen LogP contribution >= 0.6 is 0 Å². The average Bonchev–Trinajstić information content (AvgIpc) is 2.21. The Morgan fingerprint density at radius 3 is 2.50 bits per heavy atom. The maximum atomic E-state index is 11.2. The molecule has 0 bridgehead atoms. The van der Waals surface area contributed by atoms with Crippen LogP contribution in [0.25, 0.3) is 0 Å². The van der Waals surface area contributed by atoms with Crippen molar-refractivity contribution < 1.29 is 14.3 Å². The van der Waals surface area contributed by atoms with Crippen LogP contribution < -0.4 is 0 Å². The van der Waals surface area contributed by atoms with Crippen molar-refractivity contribution >= 4 is 11.8 Å². The topological polar surface area (TPSA) is 43.4 Å². The molecule has 0 aromatic carbocycles. The Morgan fingerprint density at radius 2 is 1.93 bits per heavy atom. The molecule has 0 saturated carbocycles. The lowest BCUT2D eigenvalue weighted by Gasteiger charge is -1.98. The molecule has 0 atom stereocenters. The fraction of sp³-hybridized carbons (Fsp3) is 0.636. The van der Waals surface area contributed by atoms with Gasteiger partial charge in [-0.25, -0.2) is 0 Å². The number of carbonyl (C=O) groups is 2. The summed E-state index contributed by atoms with van der Waals surface area (Å²) >= 11 is 0. The number of carbonyl (C=O) groups excluding carboxylic acids is 2. The summed E-state index contributed by atoms with van der Waals surface area (Å²) in [5.74, 6) is 5.43. The molecule has 14 heavy (non-hydrogen) atoms. The Bertz CT molecular complexity index is 245. The largest absolute Gasteiger partial charge is 0.469 e. The summed E-state index contributed by atoms with van der Waals surface area (Å²) in [5, 5.41) is 0. The molecular weight excluding hydrogens is 180 g/mol. The summed E-state index contributed by atoms with van der Waals surface area (Å²) in [7, 11) is 1.32. The van der Waals surface area contributed by atoms with Gasteiger partial charge in [0.15, 0.2) is 0 Å². The first-order valence-electron chi connectivity index (χ1n) is 4.68. The van der Waals surface area contributed by atoms with E-state index in [1.165, 1.54) is 7.11 Å². The average molecular weight is 196 g/mol.